The van der Waals surface area contributed by atoms with Crippen LogP contribution in [-0.2, 0) is 9.59 Å². The SMILES string of the molecule is CC.CC.CC.CC(=O)N1CCN(CC(=O)N2CCCC2)CC1. The summed E-state index contributed by atoms with van der Waals surface area (Å²) in [7, 11) is 0. The van der Waals surface area contributed by atoms with Gasteiger partial charge in [-0.15, -0.1) is 0 Å². The normalized spacial score (nSPS) is 17.0. The Bertz CT molecular complexity index is 295. The smallest absolute Gasteiger partial charge is 0.236 e. The number of carbonyl (C=O) groups excluding carboxylic acids is 2. The molecule has 0 aliphatic carbocycles. The molecule has 2 amide bonds. The molecule has 2 fully saturated rings. The second kappa shape index (κ2) is 15.8. The molecule has 0 aromatic rings. The number of amides is 2. The van der Waals surface area contributed by atoms with Crippen LogP contribution in [0.3, 0.4) is 0 Å². The van der Waals surface area contributed by atoms with Gasteiger partial charge in [0.05, 0.1) is 6.54 Å². The van der Waals surface area contributed by atoms with Crippen LogP contribution in [0, 0.1) is 0 Å². The van der Waals surface area contributed by atoms with Crippen LogP contribution in [0.15, 0.2) is 0 Å². The summed E-state index contributed by atoms with van der Waals surface area (Å²) < 4.78 is 0. The third-order valence-electron chi connectivity index (χ3n) is 3.64. The fraction of sp³-hybridized carbons (Fsp3) is 0.889. The van der Waals surface area contributed by atoms with Crippen LogP contribution in [0.4, 0.5) is 0 Å². The van der Waals surface area contributed by atoms with E-state index in [-0.39, 0.29) is 11.8 Å². The molecule has 0 aromatic heterocycles. The molecule has 2 saturated heterocycles. The van der Waals surface area contributed by atoms with E-state index in [2.05, 4.69) is 4.90 Å². The highest BCUT2D eigenvalue weighted by atomic mass is 16.2. The number of carbonyl (C=O) groups is 2. The van der Waals surface area contributed by atoms with Crippen molar-refractivity contribution in [2.45, 2.75) is 61.3 Å². The third-order valence-corrected chi connectivity index (χ3v) is 3.64. The van der Waals surface area contributed by atoms with E-state index >= 15 is 0 Å². The molecule has 2 aliphatic rings. The lowest BCUT2D eigenvalue weighted by Crippen LogP contribution is -2.50. The quantitative estimate of drug-likeness (QED) is 0.782. The highest BCUT2D eigenvalue weighted by Crippen LogP contribution is 2.09. The lowest BCUT2D eigenvalue weighted by molar-refractivity contribution is -0.133. The molecule has 0 radical (unpaired) electrons. The topological polar surface area (TPSA) is 43.9 Å². The highest BCUT2D eigenvalue weighted by Gasteiger charge is 2.23. The Kier molecular flexibility index (Phi) is 16.6. The number of hydrogen-bond donors (Lipinski definition) is 0. The lowest BCUT2D eigenvalue weighted by atomic mass is 10.3. The van der Waals surface area contributed by atoms with Gasteiger partial charge in [0.25, 0.3) is 0 Å². The highest BCUT2D eigenvalue weighted by molar-refractivity contribution is 5.78. The number of piperazine rings is 1. The van der Waals surface area contributed by atoms with Gasteiger partial charge in [0.2, 0.25) is 11.8 Å². The summed E-state index contributed by atoms with van der Waals surface area (Å²) in [6, 6.07) is 0. The van der Waals surface area contributed by atoms with Crippen LogP contribution in [0.25, 0.3) is 0 Å². The van der Waals surface area contributed by atoms with Crippen LogP contribution in [0.1, 0.15) is 61.3 Å². The first kappa shape index (κ1) is 24.2. The predicted octanol–water partition coefficient (Wildman–Crippen LogP) is 2.85. The Morgan fingerprint density at radius 3 is 1.52 bits per heavy atom. The summed E-state index contributed by atoms with van der Waals surface area (Å²) in [6.07, 6.45) is 2.29. The summed E-state index contributed by atoms with van der Waals surface area (Å²) >= 11 is 0. The van der Waals surface area contributed by atoms with Crippen LogP contribution >= 0.6 is 0 Å². The second-order valence-electron chi connectivity index (χ2n) is 4.87. The summed E-state index contributed by atoms with van der Waals surface area (Å²) in [5.74, 6) is 0.384. The summed E-state index contributed by atoms with van der Waals surface area (Å²) in [5.41, 5.74) is 0. The van der Waals surface area contributed by atoms with Crippen molar-refractivity contribution >= 4 is 11.8 Å². The molecule has 0 N–H and O–H groups in total. The van der Waals surface area contributed by atoms with E-state index in [4.69, 9.17) is 0 Å². The molecule has 138 valence electrons. The first-order valence-corrected chi connectivity index (χ1v) is 9.42. The van der Waals surface area contributed by atoms with Gasteiger partial charge in [0.1, 0.15) is 0 Å². The van der Waals surface area contributed by atoms with E-state index in [1.807, 2.05) is 51.3 Å². The second-order valence-corrected chi connectivity index (χ2v) is 4.87. The largest absolute Gasteiger partial charge is 0.342 e. The minimum absolute atomic E-state index is 0.135. The molecule has 0 atom stereocenters. The Morgan fingerprint density at radius 2 is 1.13 bits per heavy atom. The lowest BCUT2D eigenvalue weighted by Gasteiger charge is -2.34. The van der Waals surface area contributed by atoms with Gasteiger partial charge in [-0.2, -0.15) is 0 Å². The van der Waals surface area contributed by atoms with Crippen molar-refractivity contribution in [2.75, 3.05) is 45.8 Å². The molecular weight excluding hydrogens is 290 g/mol. The van der Waals surface area contributed by atoms with E-state index in [9.17, 15) is 9.59 Å². The number of rotatable bonds is 2. The summed E-state index contributed by atoms with van der Waals surface area (Å²) in [5, 5.41) is 0. The van der Waals surface area contributed by atoms with Crippen molar-refractivity contribution in [1.82, 2.24) is 14.7 Å². The van der Waals surface area contributed by atoms with Gasteiger partial charge in [-0.3, -0.25) is 14.5 Å². The minimum Gasteiger partial charge on any atom is -0.342 e. The van der Waals surface area contributed by atoms with E-state index in [1.165, 1.54) is 0 Å². The predicted molar refractivity (Wildman–Crippen MR) is 98.6 cm³/mol. The van der Waals surface area contributed by atoms with Crippen molar-refractivity contribution in [1.29, 1.82) is 0 Å². The van der Waals surface area contributed by atoms with Crippen LogP contribution in [-0.4, -0.2) is 72.3 Å². The zero-order valence-corrected chi connectivity index (χ0v) is 16.5. The molecule has 2 rings (SSSR count). The molecule has 0 bridgehead atoms. The van der Waals surface area contributed by atoms with Gasteiger partial charge in [-0.25, -0.2) is 0 Å². The maximum atomic E-state index is 11.9. The molecular formula is C18H39N3O2. The monoisotopic (exact) mass is 329 g/mol. The maximum Gasteiger partial charge on any atom is 0.236 e. The molecule has 0 aromatic carbocycles. The molecule has 0 unspecified atom stereocenters. The average molecular weight is 330 g/mol. The number of nitrogens with zero attached hydrogens (tertiary/aromatic N) is 3. The fourth-order valence-electron chi connectivity index (χ4n) is 2.48. The van der Waals surface area contributed by atoms with Gasteiger partial charge in [0, 0.05) is 46.2 Å². The third kappa shape index (κ3) is 9.59. The van der Waals surface area contributed by atoms with Gasteiger partial charge < -0.3 is 9.80 Å². The van der Waals surface area contributed by atoms with E-state index in [0.29, 0.717) is 6.54 Å². The first-order valence-electron chi connectivity index (χ1n) is 9.42. The van der Waals surface area contributed by atoms with Crippen LogP contribution in [0.5, 0.6) is 0 Å². The molecule has 2 heterocycles. The Morgan fingerprint density at radius 1 is 0.696 bits per heavy atom. The average Bonchev–Trinajstić information content (AvgIpc) is 3.15. The molecule has 0 spiro atoms. The Labute approximate surface area is 144 Å². The van der Waals surface area contributed by atoms with Crippen molar-refractivity contribution in [3.63, 3.8) is 0 Å². The van der Waals surface area contributed by atoms with Gasteiger partial charge >= 0.3 is 0 Å². The minimum atomic E-state index is 0.135. The fourth-order valence-corrected chi connectivity index (χ4v) is 2.48. The summed E-state index contributed by atoms with van der Waals surface area (Å²) in [6.45, 7) is 19.1. The van der Waals surface area contributed by atoms with E-state index < -0.39 is 0 Å². The zero-order valence-electron chi connectivity index (χ0n) is 16.5. The number of likely N-dealkylation sites (tertiary alicyclic amines) is 1. The maximum absolute atomic E-state index is 11.9. The zero-order chi connectivity index (χ0) is 18.3. The van der Waals surface area contributed by atoms with Crippen LogP contribution in [0.2, 0.25) is 0 Å². The van der Waals surface area contributed by atoms with E-state index in [0.717, 1.165) is 52.1 Å². The van der Waals surface area contributed by atoms with Crippen molar-refractivity contribution in [3.05, 3.63) is 0 Å². The van der Waals surface area contributed by atoms with Crippen LogP contribution < -0.4 is 0 Å². The van der Waals surface area contributed by atoms with E-state index in [1.54, 1.807) is 6.92 Å². The van der Waals surface area contributed by atoms with Gasteiger partial charge in [-0.1, -0.05) is 41.5 Å². The number of hydrogen-bond acceptors (Lipinski definition) is 3. The molecule has 5 nitrogen and oxygen atoms in total. The molecule has 23 heavy (non-hydrogen) atoms. The first-order chi connectivity index (χ1) is 11.2. The molecule has 5 heteroatoms. The van der Waals surface area contributed by atoms with Gasteiger partial charge in [-0.05, 0) is 12.8 Å². The van der Waals surface area contributed by atoms with Crippen molar-refractivity contribution < 1.29 is 9.59 Å². The Balaban J connectivity index is 0. The van der Waals surface area contributed by atoms with Crippen molar-refractivity contribution in [2.24, 2.45) is 0 Å². The molecule has 2 aliphatic heterocycles. The van der Waals surface area contributed by atoms with Gasteiger partial charge in [0.15, 0.2) is 0 Å². The summed E-state index contributed by atoms with van der Waals surface area (Å²) in [4.78, 5) is 29.1. The van der Waals surface area contributed by atoms with Crippen molar-refractivity contribution in [3.8, 4) is 0 Å². The standard InChI is InChI=1S/C12H21N3O2.3C2H6/c1-11(16)14-8-6-13(7-9-14)10-12(17)15-4-2-3-5-15;3*1-2/h2-10H2,1H3;3*1-2H3. The Hall–Kier alpha value is -1.10. The molecule has 0 saturated carbocycles.